The molecule has 0 aliphatic rings. The molecule has 4 rings (SSSR count). The molecule has 0 spiro atoms. The van der Waals surface area contributed by atoms with E-state index in [4.69, 9.17) is 0 Å². The quantitative estimate of drug-likeness (QED) is 0.393. The minimum absolute atomic E-state index is 0.118. The number of carboxylic acids is 1. The van der Waals surface area contributed by atoms with Crippen molar-refractivity contribution in [2.45, 2.75) is 6.92 Å². The van der Waals surface area contributed by atoms with Crippen molar-refractivity contribution in [1.82, 2.24) is 0 Å². The van der Waals surface area contributed by atoms with Crippen LogP contribution in [0.5, 0.6) is 0 Å². The zero-order valence-corrected chi connectivity index (χ0v) is 17.1. The first kappa shape index (κ1) is 19.1. The molecule has 2 aromatic heterocycles. The van der Waals surface area contributed by atoms with E-state index < -0.39 is 5.97 Å². The second-order valence-electron chi connectivity index (χ2n) is 6.51. The molecular weight excluding hydrogens is 402 g/mol. The van der Waals surface area contributed by atoms with Gasteiger partial charge in [0, 0.05) is 10.3 Å². The van der Waals surface area contributed by atoms with Crippen LogP contribution in [0.25, 0.3) is 20.9 Å². The number of rotatable bonds is 5. The summed E-state index contributed by atoms with van der Waals surface area (Å²) in [5, 5.41) is 14.2. The first-order chi connectivity index (χ1) is 14.0. The maximum atomic E-state index is 12.7. The number of hydrogen-bond acceptors (Lipinski definition) is 4. The molecule has 0 fully saturated rings. The van der Waals surface area contributed by atoms with Crippen molar-refractivity contribution in [2.24, 2.45) is 0 Å². The van der Waals surface area contributed by atoms with Crippen LogP contribution in [0.3, 0.4) is 0 Å². The Balaban J connectivity index is 1.61. The van der Waals surface area contributed by atoms with Gasteiger partial charge in [-0.25, -0.2) is 4.79 Å². The number of hydrogen-bond donors (Lipinski definition) is 2. The Labute approximate surface area is 176 Å². The maximum Gasteiger partial charge on any atom is 0.339 e. The van der Waals surface area contributed by atoms with Crippen molar-refractivity contribution in [3.63, 3.8) is 0 Å². The highest BCUT2D eigenvalue weighted by Crippen LogP contribution is 2.37. The third-order valence-corrected chi connectivity index (χ3v) is 6.62. The molecular formula is C23H17NO3S2. The van der Waals surface area contributed by atoms with Crippen molar-refractivity contribution in [1.29, 1.82) is 0 Å². The summed E-state index contributed by atoms with van der Waals surface area (Å²) in [4.78, 5) is 26.8. The predicted molar refractivity (Wildman–Crippen MR) is 119 cm³/mol. The fourth-order valence-corrected chi connectivity index (χ4v) is 4.89. The second-order valence-corrected chi connectivity index (χ2v) is 8.47. The third-order valence-electron chi connectivity index (χ3n) is 4.45. The van der Waals surface area contributed by atoms with Gasteiger partial charge in [0.15, 0.2) is 0 Å². The van der Waals surface area contributed by atoms with Gasteiger partial charge in [0.05, 0.1) is 15.4 Å². The second kappa shape index (κ2) is 8.03. The lowest BCUT2D eigenvalue weighted by atomic mass is 10.1. The highest BCUT2D eigenvalue weighted by atomic mass is 32.1. The van der Waals surface area contributed by atoms with Crippen LogP contribution < -0.4 is 5.32 Å². The maximum absolute atomic E-state index is 12.7. The molecule has 6 heteroatoms. The molecule has 1 amide bonds. The highest BCUT2D eigenvalue weighted by Gasteiger charge is 2.22. The smallest absolute Gasteiger partial charge is 0.339 e. The summed E-state index contributed by atoms with van der Waals surface area (Å²) < 4.78 is 0. The van der Waals surface area contributed by atoms with Crippen LogP contribution in [0.2, 0.25) is 0 Å². The summed E-state index contributed by atoms with van der Waals surface area (Å²) in [5.41, 5.74) is 3.40. The Kier molecular flexibility index (Phi) is 5.29. The van der Waals surface area contributed by atoms with E-state index in [0.717, 1.165) is 21.6 Å². The van der Waals surface area contributed by atoms with Gasteiger partial charge in [-0.2, -0.15) is 0 Å². The van der Waals surface area contributed by atoms with Crippen molar-refractivity contribution in [3.8, 4) is 20.9 Å². The lowest BCUT2D eigenvalue weighted by Crippen LogP contribution is -2.12. The predicted octanol–water partition coefficient (Wildman–Crippen LogP) is 6.40. The summed E-state index contributed by atoms with van der Waals surface area (Å²) in [6, 6.07) is 21.2. The first-order valence-electron chi connectivity index (χ1n) is 8.91. The van der Waals surface area contributed by atoms with Crippen LogP contribution in [0.15, 0.2) is 72.1 Å². The fraction of sp³-hybridized carbons (Fsp3) is 0.0435. The first-order valence-corrected chi connectivity index (χ1v) is 10.6. The Morgan fingerprint density at radius 2 is 1.62 bits per heavy atom. The molecule has 2 N–H and O–H groups in total. The molecule has 0 unspecified atom stereocenters. The average Bonchev–Trinajstić information content (AvgIpc) is 3.37. The van der Waals surface area contributed by atoms with E-state index >= 15 is 0 Å². The Bertz CT molecular complexity index is 1170. The van der Waals surface area contributed by atoms with Crippen molar-refractivity contribution in [3.05, 3.63) is 88.1 Å². The Morgan fingerprint density at radius 3 is 2.31 bits per heavy atom. The molecule has 2 heterocycles. The van der Waals surface area contributed by atoms with E-state index in [2.05, 4.69) is 5.32 Å². The summed E-state index contributed by atoms with van der Waals surface area (Å²) in [7, 11) is 0. The molecule has 29 heavy (non-hydrogen) atoms. The van der Waals surface area contributed by atoms with Gasteiger partial charge >= 0.3 is 5.97 Å². The van der Waals surface area contributed by atoms with Crippen molar-refractivity contribution in [2.75, 3.05) is 5.32 Å². The van der Waals surface area contributed by atoms with Gasteiger partial charge in [0.1, 0.15) is 5.56 Å². The van der Waals surface area contributed by atoms with Gasteiger partial charge in [0.2, 0.25) is 0 Å². The minimum Gasteiger partial charge on any atom is -0.478 e. The number of thiophene rings is 2. The number of carboxylic acid groups (broad SMARTS) is 1. The molecule has 0 atom stereocenters. The molecule has 144 valence electrons. The zero-order valence-electron chi connectivity index (χ0n) is 15.5. The van der Waals surface area contributed by atoms with E-state index in [1.807, 2.05) is 67.6 Å². The SMILES string of the molecule is Cc1ccc(-c2scc(NC(=O)c3ccc(-c4ccccc4)s3)c2C(=O)O)cc1. The highest BCUT2D eigenvalue weighted by molar-refractivity contribution is 7.17. The topological polar surface area (TPSA) is 66.4 Å². The Morgan fingerprint density at radius 1 is 0.897 bits per heavy atom. The van der Waals surface area contributed by atoms with E-state index in [1.165, 1.54) is 22.7 Å². The summed E-state index contributed by atoms with van der Waals surface area (Å²) >= 11 is 2.69. The van der Waals surface area contributed by atoms with E-state index in [9.17, 15) is 14.7 Å². The molecule has 4 aromatic rings. The molecule has 0 aliphatic heterocycles. The number of amides is 1. The number of aromatic carboxylic acids is 1. The van der Waals surface area contributed by atoms with E-state index in [1.54, 1.807) is 11.4 Å². The molecule has 0 saturated heterocycles. The van der Waals surface area contributed by atoms with Gasteiger partial charge in [-0.15, -0.1) is 22.7 Å². The molecule has 4 nitrogen and oxygen atoms in total. The van der Waals surface area contributed by atoms with Gasteiger partial charge in [-0.05, 0) is 30.2 Å². The number of carbonyl (C=O) groups excluding carboxylic acids is 1. The average molecular weight is 420 g/mol. The van der Waals surface area contributed by atoms with Crippen LogP contribution in [0.4, 0.5) is 5.69 Å². The molecule has 0 saturated carbocycles. The van der Waals surface area contributed by atoms with Crippen LogP contribution in [0, 0.1) is 6.92 Å². The zero-order chi connectivity index (χ0) is 20.4. The number of aryl methyl sites for hydroxylation is 1. The number of carbonyl (C=O) groups is 2. The third kappa shape index (κ3) is 3.99. The molecule has 0 bridgehead atoms. The fourth-order valence-electron chi connectivity index (χ4n) is 2.98. The van der Waals surface area contributed by atoms with Crippen LogP contribution in [-0.2, 0) is 0 Å². The van der Waals surface area contributed by atoms with Crippen LogP contribution in [-0.4, -0.2) is 17.0 Å². The van der Waals surface area contributed by atoms with Gasteiger partial charge in [-0.3, -0.25) is 4.79 Å². The Hall–Kier alpha value is -3.22. The standard InChI is InChI=1S/C23H17NO3S2/c1-14-7-9-16(10-8-14)21-20(23(26)27)17(13-28-21)24-22(25)19-12-11-18(29-19)15-5-3-2-4-6-15/h2-13H,1H3,(H,24,25)(H,26,27). The van der Waals surface area contributed by atoms with Crippen LogP contribution >= 0.6 is 22.7 Å². The van der Waals surface area contributed by atoms with Gasteiger partial charge in [-0.1, -0.05) is 60.2 Å². The van der Waals surface area contributed by atoms with E-state index in [-0.39, 0.29) is 11.5 Å². The number of anilines is 1. The van der Waals surface area contributed by atoms with Gasteiger partial charge < -0.3 is 10.4 Å². The molecule has 0 aliphatic carbocycles. The number of benzene rings is 2. The summed E-state index contributed by atoms with van der Waals surface area (Å²) in [6.45, 7) is 1.98. The summed E-state index contributed by atoms with van der Waals surface area (Å²) in [6.07, 6.45) is 0. The van der Waals surface area contributed by atoms with E-state index in [0.29, 0.717) is 15.4 Å². The summed E-state index contributed by atoms with van der Waals surface area (Å²) in [5.74, 6) is -1.37. The largest absolute Gasteiger partial charge is 0.478 e. The monoisotopic (exact) mass is 419 g/mol. The lowest BCUT2D eigenvalue weighted by molar-refractivity contribution is 0.0699. The minimum atomic E-state index is -1.06. The number of nitrogens with one attached hydrogen (secondary N) is 1. The lowest BCUT2D eigenvalue weighted by Gasteiger charge is -2.05. The molecule has 0 radical (unpaired) electrons. The van der Waals surface area contributed by atoms with Crippen molar-refractivity contribution < 1.29 is 14.7 Å². The van der Waals surface area contributed by atoms with Crippen molar-refractivity contribution >= 4 is 40.2 Å². The molecule has 2 aromatic carbocycles. The normalized spacial score (nSPS) is 10.7. The van der Waals surface area contributed by atoms with Crippen LogP contribution in [0.1, 0.15) is 25.6 Å². The van der Waals surface area contributed by atoms with Gasteiger partial charge in [0.25, 0.3) is 5.91 Å².